The summed E-state index contributed by atoms with van der Waals surface area (Å²) in [7, 11) is 2.82. The molecule has 2 aromatic heterocycles. The molecule has 3 aromatic rings. The van der Waals surface area contributed by atoms with Crippen molar-refractivity contribution in [1.82, 2.24) is 14.9 Å². The van der Waals surface area contributed by atoms with Crippen LogP contribution in [0.25, 0.3) is 0 Å². The van der Waals surface area contributed by atoms with E-state index in [0.717, 1.165) is 24.1 Å². The standard InChI is InChI=1S/C24H22F5N5O5/c1-23(8-24(28,29)9-39-23)20(13-10(25)4-5-12(32-13)21(26)27)33-15-14(18(36)19(15)37)31-11-6-7-30-16(17(11)35)22(38)34(2)3/h4-7,20-21,33,35H,8-9H2,1-3H3,(H,30,31)/t20-,23?/m0/s1. The molecule has 0 spiro atoms. The topological polar surface area (TPSA) is 134 Å². The van der Waals surface area contributed by atoms with Gasteiger partial charge in [0, 0.05) is 26.7 Å². The first kappa shape index (κ1) is 27.9. The number of aromatic nitrogens is 2. The lowest BCUT2D eigenvalue weighted by atomic mass is 9.88. The summed E-state index contributed by atoms with van der Waals surface area (Å²) in [5, 5.41) is 15.5. The highest BCUT2D eigenvalue weighted by molar-refractivity contribution is 5.97. The Kier molecular flexibility index (Phi) is 7.06. The number of carbonyl (C=O) groups is 1. The third-order valence-corrected chi connectivity index (χ3v) is 6.22. The van der Waals surface area contributed by atoms with Gasteiger partial charge in [0.05, 0.1) is 11.3 Å². The molecule has 1 aromatic carbocycles. The molecule has 2 atom stereocenters. The van der Waals surface area contributed by atoms with E-state index >= 15 is 0 Å². The van der Waals surface area contributed by atoms with Crippen LogP contribution in [0.2, 0.25) is 0 Å². The number of rotatable bonds is 8. The van der Waals surface area contributed by atoms with Crippen LogP contribution in [0.1, 0.15) is 47.7 Å². The molecule has 0 bridgehead atoms. The van der Waals surface area contributed by atoms with E-state index in [9.17, 15) is 41.4 Å². The van der Waals surface area contributed by atoms with E-state index in [-0.39, 0.29) is 11.4 Å². The number of pyridine rings is 2. The van der Waals surface area contributed by atoms with Crippen molar-refractivity contribution in [2.45, 2.75) is 37.3 Å². The largest absolute Gasteiger partial charge is 0.504 e. The molecule has 0 saturated carbocycles. The van der Waals surface area contributed by atoms with Gasteiger partial charge in [0.15, 0.2) is 11.4 Å². The van der Waals surface area contributed by atoms with E-state index in [1.54, 1.807) is 0 Å². The fraction of sp³-hybridized carbons (Fsp3) is 0.375. The lowest BCUT2D eigenvalue weighted by molar-refractivity contribution is -0.0250. The van der Waals surface area contributed by atoms with Gasteiger partial charge in [0.25, 0.3) is 29.1 Å². The Labute approximate surface area is 217 Å². The van der Waals surface area contributed by atoms with Gasteiger partial charge in [-0.05, 0) is 25.1 Å². The SMILES string of the molecule is CN(C)C(=O)c1nccc(Nc2c(N[C@@H](c3nc(C(F)F)ccc3F)C3(C)CC(F)(F)CO3)c(=O)c2=O)c1O. The Bertz CT molecular complexity index is 1510. The highest BCUT2D eigenvalue weighted by Crippen LogP contribution is 2.46. The second kappa shape index (κ2) is 9.87. The maximum Gasteiger partial charge on any atom is 0.280 e. The summed E-state index contributed by atoms with van der Waals surface area (Å²) in [5.74, 6) is -5.84. The molecule has 0 aliphatic carbocycles. The number of alkyl halides is 4. The van der Waals surface area contributed by atoms with E-state index in [0.29, 0.717) is 6.07 Å². The van der Waals surface area contributed by atoms with Crippen LogP contribution < -0.4 is 21.5 Å². The number of carbonyl (C=O) groups excluding carboxylic acids is 1. The van der Waals surface area contributed by atoms with Crippen LogP contribution in [0.4, 0.5) is 39.0 Å². The monoisotopic (exact) mass is 555 g/mol. The molecular weight excluding hydrogens is 533 g/mol. The number of halogens is 5. The van der Waals surface area contributed by atoms with Crippen LogP contribution in [0.3, 0.4) is 0 Å². The van der Waals surface area contributed by atoms with Gasteiger partial charge < -0.3 is 25.4 Å². The number of amides is 1. The number of anilines is 3. The molecule has 1 aliphatic rings. The highest BCUT2D eigenvalue weighted by Gasteiger charge is 2.54. The Balaban J connectivity index is 1.77. The molecule has 0 radical (unpaired) electrons. The summed E-state index contributed by atoms with van der Waals surface area (Å²) in [6, 6.07) is 0.852. The predicted molar refractivity (Wildman–Crippen MR) is 128 cm³/mol. The maximum atomic E-state index is 14.9. The van der Waals surface area contributed by atoms with Crippen molar-refractivity contribution >= 4 is 23.0 Å². The van der Waals surface area contributed by atoms with Crippen molar-refractivity contribution in [2.75, 3.05) is 31.3 Å². The third-order valence-electron chi connectivity index (χ3n) is 6.22. The van der Waals surface area contributed by atoms with Gasteiger partial charge in [-0.1, -0.05) is 0 Å². The van der Waals surface area contributed by atoms with Crippen molar-refractivity contribution in [1.29, 1.82) is 0 Å². The molecule has 1 fully saturated rings. The van der Waals surface area contributed by atoms with E-state index < -0.39 is 88.1 Å². The number of ether oxygens (including phenoxy) is 1. The summed E-state index contributed by atoms with van der Waals surface area (Å²) < 4.78 is 75.2. The first-order valence-corrected chi connectivity index (χ1v) is 11.4. The van der Waals surface area contributed by atoms with Crippen LogP contribution in [0, 0.1) is 5.82 Å². The average molecular weight is 555 g/mol. The number of aromatic hydroxyl groups is 1. The van der Waals surface area contributed by atoms with Gasteiger partial charge in [0.1, 0.15) is 41.2 Å². The molecule has 1 amide bonds. The third kappa shape index (κ3) is 5.13. The Morgan fingerprint density at radius 3 is 2.41 bits per heavy atom. The number of nitrogens with zero attached hydrogens (tertiary/aromatic N) is 3. The second-order valence-corrected chi connectivity index (χ2v) is 9.40. The van der Waals surface area contributed by atoms with Gasteiger partial charge in [-0.25, -0.2) is 31.9 Å². The molecule has 208 valence electrons. The van der Waals surface area contributed by atoms with Crippen molar-refractivity contribution in [3.8, 4) is 5.75 Å². The lowest BCUT2D eigenvalue weighted by Crippen LogP contribution is -2.44. The van der Waals surface area contributed by atoms with Crippen LogP contribution >= 0.6 is 0 Å². The Morgan fingerprint density at radius 1 is 1.15 bits per heavy atom. The fourth-order valence-electron chi connectivity index (χ4n) is 4.23. The lowest BCUT2D eigenvalue weighted by Gasteiger charge is -2.35. The minimum absolute atomic E-state index is 0.208. The van der Waals surface area contributed by atoms with Crippen LogP contribution in [0.15, 0.2) is 34.0 Å². The summed E-state index contributed by atoms with van der Waals surface area (Å²) in [4.78, 5) is 45.7. The summed E-state index contributed by atoms with van der Waals surface area (Å²) in [6.45, 7) is 0.0939. The number of hydrogen-bond acceptors (Lipinski definition) is 9. The zero-order chi connectivity index (χ0) is 28.9. The zero-order valence-corrected chi connectivity index (χ0v) is 20.7. The van der Waals surface area contributed by atoms with Gasteiger partial charge >= 0.3 is 0 Å². The van der Waals surface area contributed by atoms with Gasteiger partial charge in [-0.3, -0.25) is 14.4 Å². The van der Waals surface area contributed by atoms with Crippen molar-refractivity contribution in [2.24, 2.45) is 0 Å². The summed E-state index contributed by atoms with van der Waals surface area (Å²) >= 11 is 0. The molecule has 15 heteroatoms. The van der Waals surface area contributed by atoms with Crippen molar-refractivity contribution in [3.63, 3.8) is 0 Å². The van der Waals surface area contributed by atoms with Gasteiger partial charge in [0.2, 0.25) is 0 Å². The normalized spacial score (nSPS) is 19.3. The second-order valence-electron chi connectivity index (χ2n) is 9.40. The summed E-state index contributed by atoms with van der Waals surface area (Å²) in [6.07, 6.45) is -2.97. The Morgan fingerprint density at radius 2 is 1.82 bits per heavy atom. The van der Waals surface area contributed by atoms with Crippen LogP contribution in [-0.4, -0.2) is 58.1 Å². The fourth-order valence-corrected chi connectivity index (χ4v) is 4.23. The molecule has 1 saturated heterocycles. The Hall–Kier alpha value is -4.14. The van der Waals surface area contributed by atoms with E-state index in [1.165, 1.54) is 20.2 Å². The van der Waals surface area contributed by atoms with Crippen molar-refractivity contribution in [3.05, 3.63) is 67.7 Å². The van der Waals surface area contributed by atoms with E-state index in [2.05, 4.69) is 20.6 Å². The smallest absolute Gasteiger partial charge is 0.280 e. The van der Waals surface area contributed by atoms with E-state index in [1.807, 2.05) is 0 Å². The maximum absolute atomic E-state index is 14.9. The molecule has 39 heavy (non-hydrogen) atoms. The molecule has 10 nitrogen and oxygen atoms in total. The minimum atomic E-state index is -3.36. The number of hydrogen-bond donors (Lipinski definition) is 3. The highest BCUT2D eigenvalue weighted by atomic mass is 19.3. The minimum Gasteiger partial charge on any atom is -0.504 e. The molecule has 3 heterocycles. The summed E-state index contributed by atoms with van der Waals surface area (Å²) in [5.41, 5.74) is -7.35. The van der Waals surface area contributed by atoms with Crippen molar-refractivity contribution < 1.29 is 36.6 Å². The predicted octanol–water partition coefficient (Wildman–Crippen LogP) is 3.27. The molecule has 1 unspecified atom stereocenters. The molecule has 4 rings (SSSR count). The van der Waals surface area contributed by atoms with Gasteiger partial charge in [-0.15, -0.1) is 0 Å². The first-order chi connectivity index (χ1) is 18.1. The van der Waals surface area contributed by atoms with E-state index in [4.69, 9.17) is 4.74 Å². The van der Waals surface area contributed by atoms with Gasteiger partial charge in [-0.2, -0.15) is 0 Å². The zero-order valence-electron chi connectivity index (χ0n) is 20.7. The van der Waals surface area contributed by atoms with Crippen LogP contribution in [-0.2, 0) is 4.74 Å². The molecule has 1 aliphatic heterocycles. The number of nitrogens with one attached hydrogen (secondary N) is 2. The molecular formula is C24H22F5N5O5. The molecule has 3 N–H and O–H groups in total. The van der Waals surface area contributed by atoms with Crippen LogP contribution in [0.5, 0.6) is 5.75 Å². The first-order valence-electron chi connectivity index (χ1n) is 11.4. The average Bonchev–Trinajstić information content (AvgIpc) is 3.17. The quantitative estimate of drug-likeness (QED) is 0.283.